The molecule has 2 amide bonds. The molecule has 6 rings (SSSR count). The highest BCUT2D eigenvalue weighted by molar-refractivity contribution is 6.07. The SMILES string of the molecule is O=C1[C@H]2[C@@H](C(=O)N1[C@@H]1C[C@H]3CC[C@H]1C3)[C@@]1(C3OCCO3)C=C[C@H]2O1. The third kappa shape index (κ3) is 1.49. The fraction of sp³-hybridized carbons (Fsp3) is 0.778. The summed E-state index contributed by atoms with van der Waals surface area (Å²) in [6, 6.07) is 0.108. The molecule has 0 spiro atoms. The topological polar surface area (TPSA) is 65.1 Å². The first-order chi connectivity index (χ1) is 11.7. The Morgan fingerprint density at radius 1 is 1.08 bits per heavy atom. The van der Waals surface area contributed by atoms with E-state index < -0.39 is 23.7 Å². The molecule has 24 heavy (non-hydrogen) atoms. The number of nitrogens with zero attached hydrogens (tertiary/aromatic N) is 1. The van der Waals surface area contributed by atoms with Crippen LogP contribution in [0.3, 0.4) is 0 Å². The van der Waals surface area contributed by atoms with Gasteiger partial charge in [-0.15, -0.1) is 0 Å². The number of fused-ring (bicyclic) bond motifs is 7. The number of carbonyl (C=O) groups excluding carboxylic acids is 2. The molecule has 6 heteroatoms. The minimum atomic E-state index is -0.912. The number of hydrogen-bond donors (Lipinski definition) is 0. The molecule has 7 atom stereocenters. The van der Waals surface area contributed by atoms with Crippen molar-refractivity contribution in [3.63, 3.8) is 0 Å². The van der Waals surface area contributed by atoms with Crippen molar-refractivity contribution in [2.75, 3.05) is 13.2 Å². The number of hydrogen-bond acceptors (Lipinski definition) is 5. The van der Waals surface area contributed by atoms with Crippen LogP contribution in [0.25, 0.3) is 0 Å². The number of carbonyl (C=O) groups is 2. The average molecular weight is 331 g/mol. The maximum absolute atomic E-state index is 13.3. The number of imide groups is 1. The van der Waals surface area contributed by atoms with E-state index in [0.717, 1.165) is 12.8 Å². The van der Waals surface area contributed by atoms with Gasteiger partial charge >= 0.3 is 0 Å². The van der Waals surface area contributed by atoms with Crippen LogP contribution in [0.15, 0.2) is 12.2 Å². The Morgan fingerprint density at radius 3 is 2.62 bits per heavy atom. The molecule has 6 aliphatic rings. The summed E-state index contributed by atoms with van der Waals surface area (Å²) in [7, 11) is 0. The van der Waals surface area contributed by atoms with Gasteiger partial charge in [0.25, 0.3) is 0 Å². The second-order valence-corrected chi connectivity index (χ2v) is 8.16. The van der Waals surface area contributed by atoms with Crippen molar-refractivity contribution >= 4 is 11.8 Å². The maximum atomic E-state index is 13.3. The van der Waals surface area contributed by atoms with Gasteiger partial charge in [0, 0.05) is 6.04 Å². The largest absolute Gasteiger partial charge is 0.357 e. The van der Waals surface area contributed by atoms with Crippen LogP contribution in [0.1, 0.15) is 25.7 Å². The molecule has 0 N–H and O–H groups in total. The molecule has 0 aromatic carbocycles. The summed E-state index contributed by atoms with van der Waals surface area (Å²) in [4.78, 5) is 28.0. The van der Waals surface area contributed by atoms with E-state index in [2.05, 4.69) is 0 Å². The lowest BCUT2D eigenvalue weighted by atomic mass is 9.76. The summed E-state index contributed by atoms with van der Waals surface area (Å²) in [5.74, 6) is 0.229. The molecule has 6 nitrogen and oxygen atoms in total. The second kappa shape index (κ2) is 4.48. The Labute approximate surface area is 140 Å². The molecule has 5 fully saturated rings. The predicted molar refractivity (Wildman–Crippen MR) is 80.5 cm³/mol. The number of likely N-dealkylation sites (tertiary alicyclic amines) is 1. The van der Waals surface area contributed by atoms with Gasteiger partial charge in [0.05, 0.1) is 31.2 Å². The fourth-order valence-corrected chi connectivity index (χ4v) is 6.20. The quantitative estimate of drug-likeness (QED) is 0.555. The van der Waals surface area contributed by atoms with Crippen LogP contribution in [0.4, 0.5) is 0 Å². The summed E-state index contributed by atoms with van der Waals surface area (Å²) in [6.45, 7) is 1.01. The molecule has 4 aliphatic heterocycles. The normalized spacial score (nSPS) is 52.2. The van der Waals surface area contributed by atoms with Crippen molar-refractivity contribution in [3.8, 4) is 0 Å². The van der Waals surface area contributed by atoms with Crippen molar-refractivity contribution in [1.82, 2.24) is 4.90 Å². The highest BCUT2D eigenvalue weighted by atomic mass is 16.7. The highest BCUT2D eigenvalue weighted by Gasteiger charge is 2.72. The van der Waals surface area contributed by atoms with E-state index in [9.17, 15) is 9.59 Å². The van der Waals surface area contributed by atoms with Crippen molar-refractivity contribution in [1.29, 1.82) is 0 Å². The molecule has 0 aromatic heterocycles. The van der Waals surface area contributed by atoms with Crippen LogP contribution in [0.2, 0.25) is 0 Å². The minimum Gasteiger partial charge on any atom is -0.357 e. The zero-order valence-corrected chi connectivity index (χ0v) is 13.4. The molecular weight excluding hydrogens is 310 g/mol. The highest BCUT2D eigenvalue weighted by Crippen LogP contribution is 2.57. The molecule has 3 saturated heterocycles. The zero-order chi connectivity index (χ0) is 16.1. The van der Waals surface area contributed by atoms with Gasteiger partial charge in [0.2, 0.25) is 11.8 Å². The maximum Gasteiger partial charge on any atom is 0.236 e. The van der Waals surface area contributed by atoms with E-state index in [1.54, 1.807) is 4.90 Å². The third-order valence-electron chi connectivity index (χ3n) is 7.13. The van der Waals surface area contributed by atoms with E-state index in [0.29, 0.717) is 25.0 Å². The van der Waals surface area contributed by atoms with E-state index in [1.807, 2.05) is 12.2 Å². The number of rotatable bonds is 2. The van der Waals surface area contributed by atoms with Gasteiger partial charge in [0.15, 0.2) is 11.9 Å². The summed E-state index contributed by atoms with van der Waals surface area (Å²) < 4.78 is 17.5. The monoisotopic (exact) mass is 331 g/mol. The van der Waals surface area contributed by atoms with Crippen molar-refractivity contribution in [3.05, 3.63) is 12.2 Å². The van der Waals surface area contributed by atoms with Gasteiger partial charge in [0.1, 0.15) is 0 Å². The second-order valence-electron chi connectivity index (χ2n) is 8.16. The number of amides is 2. The lowest BCUT2D eigenvalue weighted by Crippen LogP contribution is -2.51. The zero-order valence-electron chi connectivity index (χ0n) is 13.4. The smallest absolute Gasteiger partial charge is 0.236 e. The Morgan fingerprint density at radius 2 is 1.92 bits per heavy atom. The Kier molecular flexibility index (Phi) is 2.61. The van der Waals surface area contributed by atoms with Crippen LogP contribution in [0.5, 0.6) is 0 Å². The first kappa shape index (κ1) is 14.0. The Balaban J connectivity index is 1.37. The summed E-state index contributed by atoms with van der Waals surface area (Å²) >= 11 is 0. The lowest BCUT2D eigenvalue weighted by Gasteiger charge is -2.34. The molecule has 2 aliphatic carbocycles. The Hall–Kier alpha value is -1.24. The van der Waals surface area contributed by atoms with Crippen LogP contribution >= 0.6 is 0 Å². The van der Waals surface area contributed by atoms with E-state index in [1.165, 1.54) is 12.8 Å². The van der Waals surface area contributed by atoms with E-state index in [-0.39, 0.29) is 24.0 Å². The first-order valence-corrected chi connectivity index (χ1v) is 9.16. The van der Waals surface area contributed by atoms with Crippen molar-refractivity contribution < 1.29 is 23.8 Å². The van der Waals surface area contributed by atoms with Crippen molar-refractivity contribution in [2.45, 2.75) is 49.7 Å². The Bertz CT molecular complexity index is 656. The van der Waals surface area contributed by atoms with Crippen LogP contribution < -0.4 is 0 Å². The third-order valence-corrected chi connectivity index (χ3v) is 7.13. The minimum absolute atomic E-state index is 0.0308. The van der Waals surface area contributed by atoms with Gasteiger partial charge < -0.3 is 14.2 Å². The lowest BCUT2D eigenvalue weighted by molar-refractivity contribution is -0.184. The molecular formula is C18H21NO5. The molecule has 0 aromatic rings. The summed E-state index contributed by atoms with van der Waals surface area (Å²) in [5, 5.41) is 0. The van der Waals surface area contributed by atoms with Gasteiger partial charge in [-0.25, -0.2) is 0 Å². The van der Waals surface area contributed by atoms with E-state index in [4.69, 9.17) is 14.2 Å². The van der Waals surface area contributed by atoms with Gasteiger partial charge in [-0.2, -0.15) is 0 Å². The standard InChI is InChI=1S/C18H21NO5/c20-15-13-12-3-4-18(24-12,17-22-5-6-23-17)14(13)16(21)19(15)11-8-9-1-2-10(11)7-9/h3-4,9-14,17H,1-2,5-8H2/t9-,10-,11+,12+,13+,14-,18+/m0/s1. The molecule has 4 heterocycles. The van der Waals surface area contributed by atoms with Crippen LogP contribution in [-0.2, 0) is 23.8 Å². The van der Waals surface area contributed by atoms with Crippen LogP contribution in [0, 0.1) is 23.7 Å². The van der Waals surface area contributed by atoms with Gasteiger partial charge in [-0.3, -0.25) is 14.5 Å². The molecule has 2 saturated carbocycles. The molecule has 128 valence electrons. The summed E-state index contributed by atoms with van der Waals surface area (Å²) in [6.07, 6.45) is 7.50. The summed E-state index contributed by atoms with van der Waals surface area (Å²) in [5.41, 5.74) is -0.912. The first-order valence-electron chi connectivity index (χ1n) is 9.16. The molecule has 4 bridgehead atoms. The molecule has 0 radical (unpaired) electrons. The molecule has 0 unspecified atom stereocenters. The predicted octanol–water partition coefficient (Wildman–Crippen LogP) is 0.856. The van der Waals surface area contributed by atoms with Gasteiger partial charge in [-0.05, 0) is 37.2 Å². The fourth-order valence-electron chi connectivity index (χ4n) is 6.20. The van der Waals surface area contributed by atoms with Gasteiger partial charge in [-0.1, -0.05) is 12.5 Å². The van der Waals surface area contributed by atoms with Crippen LogP contribution in [-0.4, -0.2) is 54.0 Å². The van der Waals surface area contributed by atoms with E-state index >= 15 is 0 Å². The van der Waals surface area contributed by atoms with Crippen molar-refractivity contribution in [2.24, 2.45) is 23.7 Å². The number of ether oxygens (including phenoxy) is 3. The average Bonchev–Trinajstić information content (AvgIpc) is 3.39.